The van der Waals surface area contributed by atoms with Crippen LogP contribution >= 0.6 is 11.8 Å². The quantitative estimate of drug-likeness (QED) is 0.594. The van der Waals surface area contributed by atoms with Crippen LogP contribution in [0.4, 0.5) is 0 Å². The van der Waals surface area contributed by atoms with Gasteiger partial charge in [-0.2, -0.15) is 0 Å². The lowest BCUT2D eigenvalue weighted by atomic mass is 10.2. The minimum Gasteiger partial charge on any atom is -0.353 e. The van der Waals surface area contributed by atoms with E-state index in [1.54, 1.807) is 16.3 Å². The van der Waals surface area contributed by atoms with Crippen molar-refractivity contribution in [3.8, 4) is 0 Å². The fraction of sp³-hybridized carbons (Fsp3) is 0.250. The number of H-pyrrole nitrogens is 1. The first-order chi connectivity index (χ1) is 10.2. The molecule has 0 saturated heterocycles. The molecule has 3 rings (SSSR count). The molecule has 4 nitrogen and oxygen atoms in total. The molecule has 0 aliphatic carbocycles. The molecule has 5 heteroatoms. The van der Waals surface area contributed by atoms with Crippen LogP contribution in [0.5, 0.6) is 0 Å². The number of aryl methyl sites for hydroxylation is 1. The fourth-order valence-electron chi connectivity index (χ4n) is 2.32. The molecule has 0 aliphatic rings. The average Bonchev–Trinajstić information content (AvgIpc) is 2.87. The molecule has 0 atom stereocenters. The first-order valence-corrected chi connectivity index (χ1v) is 7.94. The van der Waals surface area contributed by atoms with Crippen molar-refractivity contribution in [2.75, 3.05) is 0 Å². The summed E-state index contributed by atoms with van der Waals surface area (Å²) in [6.07, 6.45) is 0. The molecule has 0 bridgehead atoms. The number of benzene rings is 1. The number of aromatic nitrogens is 3. The molecule has 3 aromatic rings. The van der Waals surface area contributed by atoms with Crippen LogP contribution in [0.25, 0.3) is 11.0 Å². The van der Waals surface area contributed by atoms with Crippen LogP contribution in [0.3, 0.4) is 0 Å². The highest BCUT2D eigenvalue weighted by atomic mass is 32.2. The predicted octanol–water partition coefficient (Wildman–Crippen LogP) is 3.35. The zero-order chi connectivity index (χ0) is 14.8. The summed E-state index contributed by atoms with van der Waals surface area (Å²) in [7, 11) is 0. The molecule has 2 aromatic heterocycles. The van der Waals surface area contributed by atoms with Crippen LogP contribution in [-0.2, 0) is 12.3 Å². The van der Waals surface area contributed by atoms with Gasteiger partial charge in [0.15, 0.2) is 5.16 Å². The second-order valence-electron chi connectivity index (χ2n) is 4.93. The van der Waals surface area contributed by atoms with Gasteiger partial charge >= 0.3 is 0 Å². The molecule has 1 aromatic carbocycles. The number of fused-ring (bicyclic) bond motifs is 1. The molecule has 0 aliphatic heterocycles. The van der Waals surface area contributed by atoms with Gasteiger partial charge in [0.05, 0.1) is 5.52 Å². The normalized spacial score (nSPS) is 11.1. The van der Waals surface area contributed by atoms with Gasteiger partial charge in [-0.25, -0.2) is 4.98 Å². The Balaban J connectivity index is 1.99. The molecule has 21 heavy (non-hydrogen) atoms. The number of hydrogen-bond donors (Lipinski definition) is 1. The second-order valence-corrected chi connectivity index (χ2v) is 5.87. The Morgan fingerprint density at radius 1 is 1.29 bits per heavy atom. The maximum atomic E-state index is 12.5. The highest BCUT2D eigenvalue weighted by Gasteiger charge is 2.12. The summed E-state index contributed by atoms with van der Waals surface area (Å²) in [5.41, 5.74) is 3.54. The average molecular weight is 299 g/mol. The van der Waals surface area contributed by atoms with Crippen LogP contribution in [0, 0.1) is 6.92 Å². The Morgan fingerprint density at radius 3 is 2.76 bits per heavy atom. The number of aromatic amines is 1. The summed E-state index contributed by atoms with van der Waals surface area (Å²) in [5, 5.41) is 0.776. The van der Waals surface area contributed by atoms with Crippen LogP contribution in [0.15, 0.2) is 46.3 Å². The van der Waals surface area contributed by atoms with E-state index >= 15 is 0 Å². The maximum Gasteiger partial charge on any atom is 0.278 e. The fourth-order valence-corrected chi connectivity index (χ4v) is 3.34. The Kier molecular flexibility index (Phi) is 3.84. The smallest absolute Gasteiger partial charge is 0.278 e. The minimum absolute atomic E-state index is 0.00571. The highest BCUT2D eigenvalue weighted by Crippen LogP contribution is 2.22. The maximum absolute atomic E-state index is 12.5. The molecule has 0 fully saturated rings. The van der Waals surface area contributed by atoms with Crippen molar-refractivity contribution >= 4 is 22.8 Å². The van der Waals surface area contributed by atoms with E-state index in [1.165, 1.54) is 5.56 Å². The number of nitrogens with zero attached hydrogens (tertiary/aromatic N) is 2. The van der Waals surface area contributed by atoms with Crippen molar-refractivity contribution in [1.29, 1.82) is 0 Å². The highest BCUT2D eigenvalue weighted by molar-refractivity contribution is 7.98. The van der Waals surface area contributed by atoms with Gasteiger partial charge in [-0.05, 0) is 25.5 Å². The lowest BCUT2D eigenvalue weighted by Gasteiger charge is -2.09. The van der Waals surface area contributed by atoms with Crippen LogP contribution in [0.2, 0.25) is 0 Å². The summed E-state index contributed by atoms with van der Waals surface area (Å²) in [6, 6.07) is 12.1. The van der Waals surface area contributed by atoms with Crippen LogP contribution < -0.4 is 5.56 Å². The van der Waals surface area contributed by atoms with E-state index in [2.05, 4.69) is 22.1 Å². The lowest BCUT2D eigenvalue weighted by molar-refractivity contribution is 0.633. The Labute approximate surface area is 127 Å². The summed E-state index contributed by atoms with van der Waals surface area (Å²) in [4.78, 5) is 20.2. The summed E-state index contributed by atoms with van der Waals surface area (Å²) in [6.45, 7) is 4.53. The first-order valence-electron chi connectivity index (χ1n) is 6.96. The van der Waals surface area contributed by atoms with Gasteiger partial charge in [0.25, 0.3) is 5.56 Å². The lowest BCUT2D eigenvalue weighted by Crippen LogP contribution is -2.22. The molecule has 1 N–H and O–H groups in total. The molecule has 0 radical (unpaired) electrons. The van der Waals surface area contributed by atoms with Crippen molar-refractivity contribution in [3.63, 3.8) is 0 Å². The Morgan fingerprint density at radius 2 is 2.05 bits per heavy atom. The third kappa shape index (κ3) is 2.74. The first kappa shape index (κ1) is 13.9. The Bertz CT molecular complexity index is 821. The SMILES string of the molecule is CCn1c(SCc2ccccc2)nc2cc(C)[nH]c2c1=O. The molecule has 108 valence electrons. The number of rotatable bonds is 4. The van der Waals surface area contributed by atoms with Gasteiger partial charge < -0.3 is 4.98 Å². The van der Waals surface area contributed by atoms with E-state index in [9.17, 15) is 4.79 Å². The molecule has 0 unspecified atom stereocenters. The van der Waals surface area contributed by atoms with Gasteiger partial charge in [-0.1, -0.05) is 42.1 Å². The van der Waals surface area contributed by atoms with Gasteiger partial charge in [-0.15, -0.1) is 0 Å². The van der Waals surface area contributed by atoms with E-state index in [4.69, 9.17) is 0 Å². The summed E-state index contributed by atoms with van der Waals surface area (Å²) >= 11 is 1.60. The molecule has 2 heterocycles. The molecule has 0 amide bonds. The standard InChI is InChI=1S/C16H17N3OS/c1-3-19-15(20)14-13(9-11(2)17-14)18-16(19)21-10-12-7-5-4-6-8-12/h4-9,17H,3,10H2,1-2H3. The van der Waals surface area contributed by atoms with Crippen molar-refractivity contribution in [2.45, 2.75) is 31.3 Å². The largest absolute Gasteiger partial charge is 0.353 e. The van der Waals surface area contributed by atoms with Crippen molar-refractivity contribution in [1.82, 2.24) is 14.5 Å². The summed E-state index contributed by atoms with van der Waals surface area (Å²) < 4.78 is 1.73. The number of nitrogens with one attached hydrogen (secondary N) is 1. The van der Waals surface area contributed by atoms with Gasteiger partial charge in [0.2, 0.25) is 0 Å². The molecule has 0 spiro atoms. The predicted molar refractivity (Wildman–Crippen MR) is 86.8 cm³/mol. The van der Waals surface area contributed by atoms with Crippen molar-refractivity contribution in [2.24, 2.45) is 0 Å². The monoisotopic (exact) mass is 299 g/mol. The van der Waals surface area contributed by atoms with E-state index < -0.39 is 0 Å². The van der Waals surface area contributed by atoms with Crippen molar-refractivity contribution < 1.29 is 0 Å². The zero-order valence-electron chi connectivity index (χ0n) is 12.1. The van der Waals surface area contributed by atoms with Crippen LogP contribution in [-0.4, -0.2) is 14.5 Å². The van der Waals surface area contributed by atoms with Crippen LogP contribution in [0.1, 0.15) is 18.2 Å². The van der Waals surface area contributed by atoms with E-state index in [1.807, 2.05) is 38.1 Å². The minimum atomic E-state index is 0.00571. The van der Waals surface area contributed by atoms with E-state index in [-0.39, 0.29) is 5.56 Å². The van der Waals surface area contributed by atoms with E-state index in [0.29, 0.717) is 12.1 Å². The van der Waals surface area contributed by atoms with Crippen molar-refractivity contribution in [3.05, 3.63) is 58.0 Å². The van der Waals surface area contributed by atoms with E-state index in [0.717, 1.165) is 22.1 Å². The second kappa shape index (κ2) is 5.77. The number of thioether (sulfide) groups is 1. The molecular formula is C16H17N3OS. The zero-order valence-corrected chi connectivity index (χ0v) is 12.9. The van der Waals surface area contributed by atoms with Gasteiger partial charge in [0.1, 0.15) is 5.52 Å². The third-order valence-corrected chi connectivity index (χ3v) is 4.41. The van der Waals surface area contributed by atoms with Gasteiger partial charge in [0, 0.05) is 18.0 Å². The Hall–Kier alpha value is -2.01. The molecule has 0 saturated carbocycles. The third-order valence-electron chi connectivity index (χ3n) is 3.36. The van der Waals surface area contributed by atoms with Gasteiger partial charge in [-0.3, -0.25) is 9.36 Å². The topological polar surface area (TPSA) is 50.7 Å². The summed E-state index contributed by atoms with van der Waals surface area (Å²) in [5.74, 6) is 0.808. The molecular weight excluding hydrogens is 282 g/mol. The number of hydrogen-bond acceptors (Lipinski definition) is 3.